The third-order valence-electron chi connectivity index (χ3n) is 5.07. The molecule has 0 aromatic carbocycles. The first kappa shape index (κ1) is 18.3. The predicted octanol–water partition coefficient (Wildman–Crippen LogP) is 0.953. The molecule has 25 heavy (non-hydrogen) atoms. The fourth-order valence-electron chi connectivity index (χ4n) is 3.43. The van der Waals surface area contributed by atoms with Gasteiger partial charge in [0.15, 0.2) is 5.82 Å². The Hall–Kier alpha value is -1.51. The summed E-state index contributed by atoms with van der Waals surface area (Å²) in [5, 5.41) is 7.33. The van der Waals surface area contributed by atoms with Crippen molar-refractivity contribution in [2.45, 2.75) is 51.3 Å². The Morgan fingerprint density at radius 3 is 2.96 bits per heavy atom. The zero-order valence-electron chi connectivity index (χ0n) is 15.2. The van der Waals surface area contributed by atoms with Gasteiger partial charge in [-0.25, -0.2) is 0 Å². The van der Waals surface area contributed by atoms with Crippen LogP contribution in [0.25, 0.3) is 0 Å². The quantitative estimate of drug-likeness (QED) is 0.845. The molecule has 2 saturated heterocycles. The van der Waals surface area contributed by atoms with Crippen LogP contribution in [0.2, 0.25) is 0 Å². The largest absolute Gasteiger partial charge is 0.374 e. The summed E-state index contributed by atoms with van der Waals surface area (Å²) in [7, 11) is 1.63. The third-order valence-corrected chi connectivity index (χ3v) is 5.07. The molecule has 2 aliphatic heterocycles. The summed E-state index contributed by atoms with van der Waals surface area (Å²) in [5.74, 6) is 1.44. The molecule has 2 atom stereocenters. The van der Waals surface area contributed by atoms with E-state index in [4.69, 9.17) is 9.26 Å². The molecule has 0 aliphatic carbocycles. The molecular weight excluding hydrogens is 322 g/mol. The fourth-order valence-corrected chi connectivity index (χ4v) is 3.43. The Morgan fingerprint density at radius 2 is 2.20 bits per heavy atom. The maximum absolute atomic E-state index is 12.7. The molecule has 2 fully saturated rings. The van der Waals surface area contributed by atoms with Crippen molar-refractivity contribution in [2.24, 2.45) is 0 Å². The van der Waals surface area contributed by atoms with Crippen LogP contribution in [0.3, 0.4) is 0 Å². The maximum Gasteiger partial charge on any atom is 0.240 e. The Balaban J connectivity index is 1.51. The summed E-state index contributed by atoms with van der Waals surface area (Å²) in [6.07, 6.45) is 4.07. The van der Waals surface area contributed by atoms with Crippen LogP contribution in [0.15, 0.2) is 4.52 Å². The van der Waals surface area contributed by atoms with E-state index in [9.17, 15) is 4.79 Å². The summed E-state index contributed by atoms with van der Waals surface area (Å²) in [6, 6.07) is 0.00864. The normalized spacial score (nSPS) is 24.1. The Labute approximate surface area is 148 Å². The lowest BCUT2D eigenvalue weighted by atomic mass is 10.0. The van der Waals surface area contributed by atoms with E-state index in [-0.39, 0.29) is 18.1 Å². The molecule has 0 saturated carbocycles. The number of hydrogen-bond acceptors (Lipinski definition) is 7. The van der Waals surface area contributed by atoms with Gasteiger partial charge in [-0.1, -0.05) is 11.6 Å². The van der Waals surface area contributed by atoms with Crippen LogP contribution in [0.5, 0.6) is 0 Å². The van der Waals surface area contributed by atoms with Crippen LogP contribution < -0.4 is 5.32 Å². The molecule has 8 nitrogen and oxygen atoms in total. The molecule has 1 aromatic heterocycles. The molecule has 1 unspecified atom stereocenters. The van der Waals surface area contributed by atoms with Crippen molar-refractivity contribution in [3.63, 3.8) is 0 Å². The van der Waals surface area contributed by atoms with Gasteiger partial charge in [-0.05, 0) is 32.7 Å². The molecule has 2 aliphatic rings. The van der Waals surface area contributed by atoms with Crippen molar-refractivity contribution in [1.82, 2.24) is 25.3 Å². The second-order valence-corrected chi connectivity index (χ2v) is 6.88. The first-order valence-electron chi connectivity index (χ1n) is 9.27. The van der Waals surface area contributed by atoms with Gasteiger partial charge in [0.05, 0.1) is 12.6 Å². The molecule has 0 spiro atoms. The molecule has 0 radical (unpaired) electrons. The van der Waals surface area contributed by atoms with Crippen molar-refractivity contribution >= 4 is 5.91 Å². The molecule has 140 valence electrons. The minimum atomic E-state index is -0.169. The van der Waals surface area contributed by atoms with Crippen molar-refractivity contribution < 1.29 is 14.1 Å². The lowest BCUT2D eigenvalue weighted by Crippen LogP contribution is -2.49. The van der Waals surface area contributed by atoms with Crippen molar-refractivity contribution in [3.8, 4) is 0 Å². The second kappa shape index (κ2) is 8.73. The van der Waals surface area contributed by atoms with Gasteiger partial charge < -0.3 is 19.5 Å². The predicted molar refractivity (Wildman–Crippen MR) is 91.8 cm³/mol. The molecule has 3 rings (SSSR count). The van der Waals surface area contributed by atoms with Crippen molar-refractivity contribution in [2.75, 3.05) is 39.8 Å². The number of rotatable bonds is 5. The van der Waals surface area contributed by atoms with E-state index in [0.29, 0.717) is 18.3 Å². The van der Waals surface area contributed by atoms with E-state index in [2.05, 4.69) is 20.4 Å². The first-order chi connectivity index (χ1) is 12.2. The summed E-state index contributed by atoms with van der Waals surface area (Å²) in [5.41, 5.74) is 0. The maximum atomic E-state index is 12.7. The molecule has 3 heterocycles. The third kappa shape index (κ3) is 4.77. The van der Waals surface area contributed by atoms with E-state index < -0.39 is 0 Å². The minimum absolute atomic E-state index is 0.00864. The van der Waals surface area contributed by atoms with Gasteiger partial charge in [-0.3, -0.25) is 9.69 Å². The van der Waals surface area contributed by atoms with Gasteiger partial charge in [0.1, 0.15) is 6.10 Å². The van der Waals surface area contributed by atoms with Crippen LogP contribution in [0, 0.1) is 0 Å². The van der Waals surface area contributed by atoms with E-state index in [0.717, 1.165) is 52.0 Å². The summed E-state index contributed by atoms with van der Waals surface area (Å²) in [4.78, 5) is 21.4. The molecule has 1 amide bonds. The number of nitrogens with zero attached hydrogens (tertiary/aromatic N) is 4. The van der Waals surface area contributed by atoms with E-state index in [1.54, 1.807) is 7.11 Å². The van der Waals surface area contributed by atoms with Crippen LogP contribution >= 0.6 is 0 Å². The van der Waals surface area contributed by atoms with Gasteiger partial charge in [-0.2, -0.15) is 4.98 Å². The summed E-state index contributed by atoms with van der Waals surface area (Å²) >= 11 is 0. The highest BCUT2D eigenvalue weighted by atomic mass is 16.5. The Bertz CT molecular complexity index is 558. The van der Waals surface area contributed by atoms with E-state index in [1.807, 2.05) is 11.8 Å². The van der Waals surface area contributed by atoms with Crippen LogP contribution in [0.1, 0.15) is 50.4 Å². The first-order valence-corrected chi connectivity index (χ1v) is 9.27. The lowest BCUT2D eigenvalue weighted by molar-refractivity contribution is -0.133. The van der Waals surface area contributed by atoms with Gasteiger partial charge >= 0.3 is 0 Å². The van der Waals surface area contributed by atoms with Crippen molar-refractivity contribution in [3.05, 3.63) is 11.7 Å². The lowest BCUT2D eigenvalue weighted by Gasteiger charge is -2.29. The highest BCUT2D eigenvalue weighted by Crippen LogP contribution is 2.15. The van der Waals surface area contributed by atoms with Crippen LogP contribution in [0.4, 0.5) is 0 Å². The topological polar surface area (TPSA) is 83.7 Å². The standard InChI is InChI=1S/C17H29N5O3/c1-13(24-2)16-19-15(25-20-16)12-21-8-5-9-22(11-10-21)17(23)14-6-3-4-7-18-14/h13-14,18H,3-12H2,1-2H3/t13?,14-/m1/s1. The smallest absolute Gasteiger partial charge is 0.240 e. The SMILES string of the molecule is COC(C)c1noc(CN2CCCN(C(=O)[C@H]3CCCCN3)CC2)n1. The minimum Gasteiger partial charge on any atom is -0.374 e. The molecule has 8 heteroatoms. The molecule has 1 aromatic rings. The average molecular weight is 351 g/mol. The number of amides is 1. The number of piperidine rings is 1. The average Bonchev–Trinajstić information content (AvgIpc) is 2.99. The summed E-state index contributed by atoms with van der Waals surface area (Å²) in [6.45, 7) is 6.80. The van der Waals surface area contributed by atoms with Gasteiger partial charge in [0, 0.05) is 33.3 Å². The molecule has 0 bridgehead atoms. The molecular formula is C17H29N5O3. The zero-order valence-corrected chi connectivity index (χ0v) is 15.2. The monoisotopic (exact) mass is 351 g/mol. The van der Waals surface area contributed by atoms with Gasteiger partial charge in [0.2, 0.25) is 11.8 Å². The van der Waals surface area contributed by atoms with E-state index in [1.165, 1.54) is 6.42 Å². The Morgan fingerprint density at radius 1 is 1.32 bits per heavy atom. The van der Waals surface area contributed by atoms with Gasteiger partial charge in [0.25, 0.3) is 0 Å². The van der Waals surface area contributed by atoms with Gasteiger partial charge in [-0.15, -0.1) is 0 Å². The number of hydrogen-bond donors (Lipinski definition) is 1. The van der Waals surface area contributed by atoms with Crippen LogP contribution in [-0.4, -0.2) is 71.7 Å². The number of carbonyl (C=O) groups excluding carboxylic acids is 1. The number of aromatic nitrogens is 2. The summed E-state index contributed by atoms with van der Waals surface area (Å²) < 4.78 is 10.5. The molecule has 1 N–H and O–H groups in total. The zero-order chi connectivity index (χ0) is 17.6. The Kier molecular flexibility index (Phi) is 6.39. The van der Waals surface area contributed by atoms with Crippen LogP contribution in [-0.2, 0) is 16.1 Å². The number of ether oxygens (including phenoxy) is 1. The number of nitrogens with one attached hydrogen (secondary N) is 1. The fraction of sp³-hybridized carbons (Fsp3) is 0.824. The van der Waals surface area contributed by atoms with Crippen molar-refractivity contribution in [1.29, 1.82) is 0 Å². The number of carbonyl (C=O) groups is 1. The highest BCUT2D eigenvalue weighted by Gasteiger charge is 2.27. The second-order valence-electron chi connectivity index (χ2n) is 6.88. The number of methoxy groups -OCH3 is 1. The highest BCUT2D eigenvalue weighted by molar-refractivity contribution is 5.82. The van der Waals surface area contributed by atoms with E-state index >= 15 is 0 Å².